The number of carbonyl (C=O) groups excluding carboxylic acids is 1. The van der Waals surface area contributed by atoms with Crippen LogP contribution in [0.15, 0.2) is 17.5 Å². The zero-order valence-electron chi connectivity index (χ0n) is 12.3. The van der Waals surface area contributed by atoms with Crippen molar-refractivity contribution in [2.75, 3.05) is 19.8 Å². The Hall–Kier alpha value is -1.66. The minimum absolute atomic E-state index is 0.182. The van der Waals surface area contributed by atoms with E-state index in [1.807, 2.05) is 0 Å². The van der Waals surface area contributed by atoms with Gasteiger partial charge in [0.1, 0.15) is 0 Å². The number of aliphatic carboxylic acids is 1. The molecule has 0 aromatic carbocycles. The van der Waals surface area contributed by atoms with E-state index in [9.17, 15) is 9.59 Å². The molecule has 1 heterocycles. The van der Waals surface area contributed by atoms with Crippen LogP contribution in [0.1, 0.15) is 35.5 Å². The van der Waals surface area contributed by atoms with E-state index in [-0.39, 0.29) is 5.91 Å². The first-order valence-electron chi connectivity index (χ1n) is 6.85. The largest absolute Gasteiger partial charge is 0.478 e. The highest BCUT2D eigenvalue weighted by molar-refractivity contribution is 7.12. The highest BCUT2D eigenvalue weighted by atomic mass is 32.1. The van der Waals surface area contributed by atoms with Crippen molar-refractivity contribution in [1.82, 2.24) is 5.32 Å². The molecule has 0 spiro atoms. The number of carboxylic acid groups (broad SMARTS) is 1. The van der Waals surface area contributed by atoms with Gasteiger partial charge in [-0.15, -0.1) is 11.3 Å². The first-order chi connectivity index (χ1) is 10.0. The third-order valence-electron chi connectivity index (χ3n) is 2.51. The van der Waals surface area contributed by atoms with Gasteiger partial charge in [-0.25, -0.2) is 4.79 Å². The molecule has 0 aliphatic rings. The van der Waals surface area contributed by atoms with Gasteiger partial charge in [-0.1, -0.05) is 13.8 Å². The molecule has 0 atom stereocenters. The van der Waals surface area contributed by atoms with Crippen LogP contribution in [0.3, 0.4) is 0 Å². The predicted molar refractivity (Wildman–Crippen MR) is 83.6 cm³/mol. The summed E-state index contributed by atoms with van der Waals surface area (Å²) in [5.74, 6) is -0.706. The second kappa shape index (κ2) is 9.31. The van der Waals surface area contributed by atoms with E-state index < -0.39 is 5.97 Å². The normalized spacial score (nSPS) is 11.2. The molecule has 116 valence electrons. The quantitative estimate of drug-likeness (QED) is 0.543. The molecule has 1 rings (SSSR count). The van der Waals surface area contributed by atoms with Gasteiger partial charge >= 0.3 is 5.97 Å². The molecule has 0 unspecified atom stereocenters. The van der Waals surface area contributed by atoms with Crippen LogP contribution >= 0.6 is 11.3 Å². The topological polar surface area (TPSA) is 75.6 Å². The minimum atomic E-state index is -1.03. The van der Waals surface area contributed by atoms with Gasteiger partial charge in [0.15, 0.2) is 0 Å². The van der Waals surface area contributed by atoms with Crippen LogP contribution in [-0.2, 0) is 9.53 Å². The monoisotopic (exact) mass is 311 g/mol. The van der Waals surface area contributed by atoms with Crippen LogP contribution in [-0.4, -0.2) is 36.7 Å². The third kappa shape index (κ3) is 7.06. The molecule has 0 radical (unpaired) electrons. The predicted octanol–water partition coefficient (Wildman–Crippen LogP) is 2.64. The fourth-order valence-electron chi connectivity index (χ4n) is 1.57. The summed E-state index contributed by atoms with van der Waals surface area (Å²) in [6, 6.07) is 1.73. The van der Waals surface area contributed by atoms with Crippen molar-refractivity contribution in [1.29, 1.82) is 0 Å². The smallest absolute Gasteiger partial charge is 0.328 e. The van der Waals surface area contributed by atoms with Crippen LogP contribution in [0, 0.1) is 5.92 Å². The Balaban J connectivity index is 2.36. The standard InChI is InChI=1S/C15H21NO4S/c1-11(2)10-20-8-3-7-16-15(19)14-12(6-9-21-14)4-5-13(17)18/h4-6,9,11H,3,7-8,10H2,1-2H3,(H,16,19)(H,17,18)/b5-4+. The van der Waals surface area contributed by atoms with Gasteiger partial charge in [0.2, 0.25) is 0 Å². The fraction of sp³-hybridized carbons (Fsp3) is 0.467. The maximum Gasteiger partial charge on any atom is 0.328 e. The van der Waals surface area contributed by atoms with Crippen molar-refractivity contribution in [2.45, 2.75) is 20.3 Å². The molecule has 0 saturated heterocycles. The summed E-state index contributed by atoms with van der Waals surface area (Å²) in [5.41, 5.74) is 0.621. The molecule has 5 nitrogen and oxygen atoms in total. The molecular weight excluding hydrogens is 290 g/mol. The van der Waals surface area contributed by atoms with Crippen molar-refractivity contribution in [2.24, 2.45) is 5.92 Å². The van der Waals surface area contributed by atoms with Gasteiger partial charge < -0.3 is 15.2 Å². The number of amides is 1. The molecule has 2 N–H and O–H groups in total. The van der Waals surface area contributed by atoms with Gasteiger partial charge in [0.25, 0.3) is 5.91 Å². The lowest BCUT2D eigenvalue weighted by molar-refractivity contribution is -0.131. The van der Waals surface area contributed by atoms with Crippen LogP contribution in [0.2, 0.25) is 0 Å². The van der Waals surface area contributed by atoms with E-state index in [4.69, 9.17) is 9.84 Å². The maximum atomic E-state index is 12.0. The molecule has 0 aliphatic carbocycles. The third-order valence-corrected chi connectivity index (χ3v) is 3.44. The summed E-state index contributed by atoms with van der Waals surface area (Å²) in [7, 11) is 0. The van der Waals surface area contributed by atoms with Crippen molar-refractivity contribution in [3.05, 3.63) is 28.0 Å². The second-order valence-electron chi connectivity index (χ2n) is 4.95. The number of carboxylic acids is 1. The molecule has 0 aliphatic heterocycles. The number of hydrogen-bond donors (Lipinski definition) is 2. The van der Waals surface area contributed by atoms with Crippen LogP contribution in [0.5, 0.6) is 0 Å². The Kier molecular flexibility index (Phi) is 7.71. The number of thiophene rings is 1. The molecule has 6 heteroatoms. The Morgan fingerprint density at radius 3 is 2.90 bits per heavy atom. The Morgan fingerprint density at radius 2 is 2.24 bits per heavy atom. The van der Waals surface area contributed by atoms with E-state index in [1.54, 1.807) is 11.4 Å². The van der Waals surface area contributed by atoms with E-state index in [0.717, 1.165) is 19.1 Å². The van der Waals surface area contributed by atoms with Crippen molar-refractivity contribution in [3.63, 3.8) is 0 Å². The number of carbonyl (C=O) groups is 2. The molecule has 1 aromatic rings. The lowest BCUT2D eigenvalue weighted by Crippen LogP contribution is -2.25. The first-order valence-corrected chi connectivity index (χ1v) is 7.73. The number of rotatable bonds is 9. The maximum absolute atomic E-state index is 12.0. The van der Waals surface area contributed by atoms with E-state index in [0.29, 0.717) is 29.5 Å². The summed E-state index contributed by atoms with van der Waals surface area (Å²) in [4.78, 5) is 23.0. The Bertz CT molecular complexity index is 494. The van der Waals surface area contributed by atoms with Crippen LogP contribution in [0.25, 0.3) is 6.08 Å². The zero-order valence-corrected chi connectivity index (χ0v) is 13.1. The minimum Gasteiger partial charge on any atom is -0.478 e. The lowest BCUT2D eigenvalue weighted by atomic mass is 10.2. The summed E-state index contributed by atoms with van der Waals surface area (Å²) in [6.45, 7) is 6.06. The highest BCUT2D eigenvalue weighted by Crippen LogP contribution is 2.18. The van der Waals surface area contributed by atoms with E-state index >= 15 is 0 Å². The molecule has 21 heavy (non-hydrogen) atoms. The molecule has 0 bridgehead atoms. The Labute approximate surface area is 128 Å². The average Bonchev–Trinajstić information content (AvgIpc) is 2.88. The fourth-order valence-corrected chi connectivity index (χ4v) is 2.37. The van der Waals surface area contributed by atoms with Crippen LogP contribution in [0.4, 0.5) is 0 Å². The van der Waals surface area contributed by atoms with Gasteiger partial charge in [0, 0.05) is 25.8 Å². The molecule has 1 amide bonds. The molecule has 0 saturated carbocycles. The van der Waals surface area contributed by atoms with E-state index in [1.165, 1.54) is 17.4 Å². The second-order valence-corrected chi connectivity index (χ2v) is 5.87. The molecule has 0 fully saturated rings. The van der Waals surface area contributed by atoms with Gasteiger partial charge in [0.05, 0.1) is 4.88 Å². The van der Waals surface area contributed by atoms with E-state index in [2.05, 4.69) is 19.2 Å². The summed E-state index contributed by atoms with van der Waals surface area (Å²) >= 11 is 1.29. The zero-order chi connectivity index (χ0) is 15.7. The van der Waals surface area contributed by atoms with Gasteiger partial charge in [-0.2, -0.15) is 0 Å². The highest BCUT2D eigenvalue weighted by Gasteiger charge is 2.11. The first kappa shape index (κ1) is 17.4. The number of hydrogen-bond acceptors (Lipinski definition) is 4. The van der Waals surface area contributed by atoms with Crippen molar-refractivity contribution < 1.29 is 19.4 Å². The number of nitrogens with one attached hydrogen (secondary N) is 1. The summed E-state index contributed by atoms with van der Waals surface area (Å²) in [6.07, 6.45) is 3.21. The van der Waals surface area contributed by atoms with Crippen LogP contribution < -0.4 is 5.32 Å². The summed E-state index contributed by atoms with van der Waals surface area (Å²) in [5, 5.41) is 13.2. The molecule has 1 aromatic heterocycles. The Morgan fingerprint density at radius 1 is 1.48 bits per heavy atom. The lowest BCUT2D eigenvalue weighted by Gasteiger charge is -2.07. The van der Waals surface area contributed by atoms with Crippen molar-refractivity contribution >= 4 is 29.3 Å². The summed E-state index contributed by atoms with van der Waals surface area (Å²) < 4.78 is 5.43. The SMILES string of the molecule is CC(C)COCCCNC(=O)c1sccc1/C=C/C(=O)O. The van der Waals surface area contributed by atoms with Gasteiger partial charge in [-0.05, 0) is 35.4 Å². The van der Waals surface area contributed by atoms with Crippen molar-refractivity contribution in [3.8, 4) is 0 Å². The molecular formula is C15H21NO4S. The average molecular weight is 311 g/mol. The number of ether oxygens (including phenoxy) is 1. The van der Waals surface area contributed by atoms with Gasteiger partial charge in [-0.3, -0.25) is 4.79 Å².